The van der Waals surface area contributed by atoms with Crippen LogP contribution >= 0.6 is 0 Å². The summed E-state index contributed by atoms with van der Waals surface area (Å²) in [6.07, 6.45) is 6.86. The molecule has 0 N–H and O–H groups in total. The van der Waals surface area contributed by atoms with E-state index < -0.39 is 0 Å². The van der Waals surface area contributed by atoms with E-state index in [0.29, 0.717) is 5.56 Å². The van der Waals surface area contributed by atoms with Crippen LogP contribution in [-0.4, -0.2) is 4.98 Å². The van der Waals surface area contributed by atoms with Gasteiger partial charge in [0.05, 0.1) is 5.56 Å². The molecule has 17 heavy (non-hydrogen) atoms. The molecule has 1 aromatic carbocycles. The van der Waals surface area contributed by atoms with Crippen molar-refractivity contribution in [3.05, 3.63) is 65.2 Å². The Morgan fingerprint density at radius 3 is 2.47 bits per heavy atom. The smallest absolute Gasteiger partial charge is 0.123 e. The van der Waals surface area contributed by atoms with Crippen molar-refractivity contribution in [2.24, 2.45) is 0 Å². The minimum Gasteiger partial charge on any atom is -0.263 e. The van der Waals surface area contributed by atoms with Gasteiger partial charge in [0.2, 0.25) is 0 Å². The third-order valence-corrected chi connectivity index (χ3v) is 2.23. The van der Waals surface area contributed by atoms with Gasteiger partial charge in [-0.1, -0.05) is 24.3 Å². The summed E-state index contributed by atoms with van der Waals surface area (Å²) in [5.41, 5.74) is 2.26. The topological polar surface area (TPSA) is 36.7 Å². The molecular weight excluding hydrogens is 215 g/mol. The molecule has 1 aromatic heterocycles. The van der Waals surface area contributed by atoms with Gasteiger partial charge in [-0.15, -0.1) is 0 Å². The van der Waals surface area contributed by atoms with Crippen LogP contribution in [0.5, 0.6) is 0 Å². The lowest BCUT2D eigenvalue weighted by atomic mass is 10.1. The van der Waals surface area contributed by atoms with Crippen molar-refractivity contribution in [2.75, 3.05) is 0 Å². The third kappa shape index (κ3) is 2.99. The van der Waals surface area contributed by atoms with E-state index in [0.717, 1.165) is 11.1 Å². The number of nitriles is 1. The van der Waals surface area contributed by atoms with Gasteiger partial charge in [0.1, 0.15) is 11.9 Å². The standard InChI is InChI=1S/C14H9FN2/c15-14-5-3-11(4-6-14)1-2-12-7-13(8-16)10-17-9-12/h1-7,9-10H. The Labute approximate surface area is 98.7 Å². The number of pyridine rings is 1. The van der Waals surface area contributed by atoms with E-state index in [-0.39, 0.29) is 5.82 Å². The largest absolute Gasteiger partial charge is 0.263 e. The lowest BCUT2D eigenvalue weighted by molar-refractivity contribution is 0.628. The highest BCUT2D eigenvalue weighted by atomic mass is 19.1. The Bertz CT molecular complexity index is 580. The molecule has 0 saturated heterocycles. The highest BCUT2D eigenvalue weighted by Gasteiger charge is 1.93. The lowest BCUT2D eigenvalue weighted by Gasteiger charge is -1.95. The molecule has 0 aliphatic heterocycles. The summed E-state index contributed by atoms with van der Waals surface area (Å²) in [4.78, 5) is 3.95. The van der Waals surface area contributed by atoms with E-state index in [1.54, 1.807) is 24.4 Å². The maximum atomic E-state index is 12.7. The molecule has 0 spiro atoms. The second-order valence-corrected chi connectivity index (χ2v) is 3.50. The molecule has 2 rings (SSSR count). The van der Waals surface area contributed by atoms with Gasteiger partial charge in [0.25, 0.3) is 0 Å². The first kappa shape index (κ1) is 11.0. The van der Waals surface area contributed by atoms with Gasteiger partial charge in [-0.05, 0) is 29.3 Å². The average Bonchev–Trinajstić information content (AvgIpc) is 2.38. The van der Waals surface area contributed by atoms with E-state index in [1.807, 2.05) is 18.2 Å². The fourth-order valence-corrected chi connectivity index (χ4v) is 1.38. The Kier molecular flexibility index (Phi) is 3.27. The normalized spacial score (nSPS) is 10.4. The van der Waals surface area contributed by atoms with Crippen LogP contribution in [0.25, 0.3) is 12.2 Å². The highest BCUT2D eigenvalue weighted by Crippen LogP contribution is 2.09. The third-order valence-electron chi connectivity index (χ3n) is 2.23. The zero-order chi connectivity index (χ0) is 12.1. The molecule has 0 saturated carbocycles. The molecule has 2 nitrogen and oxygen atoms in total. The van der Waals surface area contributed by atoms with Gasteiger partial charge in [-0.3, -0.25) is 4.98 Å². The zero-order valence-corrected chi connectivity index (χ0v) is 8.97. The van der Waals surface area contributed by atoms with Crippen LogP contribution in [0.1, 0.15) is 16.7 Å². The Hall–Kier alpha value is -2.47. The summed E-state index contributed by atoms with van der Waals surface area (Å²) in [6, 6.07) is 9.96. The molecule has 0 amide bonds. The summed E-state index contributed by atoms with van der Waals surface area (Å²) >= 11 is 0. The van der Waals surface area contributed by atoms with Crippen LogP contribution in [0.2, 0.25) is 0 Å². The van der Waals surface area contributed by atoms with Gasteiger partial charge in [-0.25, -0.2) is 4.39 Å². The maximum absolute atomic E-state index is 12.7. The number of nitrogens with zero attached hydrogens (tertiary/aromatic N) is 2. The van der Waals surface area contributed by atoms with Crippen molar-refractivity contribution in [3.8, 4) is 6.07 Å². The average molecular weight is 224 g/mol. The van der Waals surface area contributed by atoms with Gasteiger partial charge >= 0.3 is 0 Å². The molecule has 82 valence electrons. The van der Waals surface area contributed by atoms with Crippen LogP contribution < -0.4 is 0 Å². The van der Waals surface area contributed by atoms with Crippen molar-refractivity contribution < 1.29 is 4.39 Å². The van der Waals surface area contributed by atoms with Crippen molar-refractivity contribution >= 4 is 12.2 Å². The Morgan fingerprint density at radius 1 is 1.06 bits per heavy atom. The molecule has 0 fully saturated rings. The number of rotatable bonds is 2. The first-order valence-electron chi connectivity index (χ1n) is 5.07. The summed E-state index contributed by atoms with van der Waals surface area (Å²) in [5, 5.41) is 8.72. The molecule has 0 aliphatic rings. The van der Waals surface area contributed by atoms with Crippen molar-refractivity contribution in [2.45, 2.75) is 0 Å². The van der Waals surface area contributed by atoms with Crippen LogP contribution in [0, 0.1) is 17.1 Å². The number of benzene rings is 1. The van der Waals surface area contributed by atoms with E-state index in [9.17, 15) is 4.39 Å². The summed E-state index contributed by atoms with van der Waals surface area (Å²) in [6.45, 7) is 0. The molecule has 0 aliphatic carbocycles. The van der Waals surface area contributed by atoms with Crippen molar-refractivity contribution in [1.82, 2.24) is 4.98 Å². The number of halogens is 1. The fourth-order valence-electron chi connectivity index (χ4n) is 1.38. The zero-order valence-electron chi connectivity index (χ0n) is 8.97. The molecule has 0 unspecified atom stereocenters. The predicted molar refractivity (Wildman–Crippen MR) is 64.3 cm³/mol. The van der Waals surface area contributed by atoms with Crippen molar-refractivity contribution in [3.63, 3.8) is 0 Å². The highest BCUT2D eigenvalue weighted by molar-refractivity contribution is 5.69. The monoisotopic (exact) mass is 224 g/mol. The maximum Gasteiger partial charge on any atom is 0.123 e. The lowest BCUT2D eigenvalue weighted by Crippen LogP contribution is -1.80. The fraction of sp³-hybridized carbons (Fsp3) is 0. The van der Waals surface area contributed by atoms with E-state index in [1.165, 1.54) is 18.3 Å². The van der Waals surface area contributed by atoms with Crippen molar-refractivity contribution in [1.29, 1.82) is 5.26 Å². The summed E-state index contributed by atoms with van der Waals surface area (Å²) in [5.74, 6) is -0.254. The molecular formula is C14H9FN2. The number of aromatic nitrogens is 1. The first-order chi connectivity index (χ1) is 8.28. The molecule has 0 bridgehead atoms. The van der Waals surface area contributed by atoms with Crippen LogP contribution in [-0.2, 0) is 0 Å². The number of hydrogen-bond donors (Lipinski definition) is 0. The number of hydrogen-bond acceptors (Lipinski definition) is 2. The van der Waals surface area contributed by atoms with Crippen LogP contribution in [0.4, 0.5) is 4.39 Å². The summed E-state index contributed by atoms with van der Waals surface area (Å²) < 4.78 is 12.7. The van der Waals surface area contributed by atoms with E-state index in [4.69, 9.17) is 5.26 Å². The first-order valence-corrected chi connectivity index (χ1v) is 5.07. The van der Waals surface area contributed by atoms with E-state index >= 15 is 0 Å². The Balaban J connectivity index is 2.20. The predicted octanol–water partition coefficient (Wildman–Crippen LogP) is 3.26. The van der Waals surface area contributed by atoms with Gasteiger partial charge in [-0.2, -0.15) is 5.26 Å². The van der Waals surface area contributed by atoms with E-state index in [2.05, 4.69) is 4.98 Å². The van der Waals surface area contributed by atoms with Gasteiger partial charge in [0.15, 0.2) is 0 Å². The second kappa shape index (κ2) is 5.04. The Morgan fingerprint density at radius 2 is 1.76 bits per heavy atom. The molecule has 1 heterocycles. The minimum atomic E-state index is -0.254. The quantitative estimate of drug-likeness (QED) is 0.785. The molecule has 3 heteroatoms. The second-order valence-electron chi connectivity index (χ2n) is 3.50. The molecule has 0 radical (unpaired) electrons. The van der Waals surface area contributed by atoms with Crippen LogP contribution in [0.15, 0.2) is 42.7 Å². The van der Waals surface area contributed by atoms with Gasteiger partial charge in [0, 0.05) is 12.4 Å². The molecule has 2 aromatic rings. The van der Waals surface area contributed by atoms with Gasteiger partial charge < -0.3 is 0 Å². The minimum absolute atomic E-state index is 0.254. The SMILES string of the molecule is N#Cc1cncc(C=Cc2ccc(F)cc2)c1. The molecule has 0 atom stereocenters. The van der Waals surface area contributed by atoms with Crippen LogP contribution in [0.3, 0.4) is 0 Å². The summed E-state index contributed by atoms with van der Waals surface area (Å²) in [7, 11) is 0.